The zero-order valence-electron chi connectivity index (χ0n) is 15.0. The average Bonchev–Trinajstić information content (AvgIpc) is 2.96. The summed E-state index contributed by atoms with van der Waals surface area (Å²) in [6.45, 7) is 6.42. The van der Waals surface area contributed by atoms with Gasteiger partial charge in [0.1, 0.15) is 18.1 Å². The molecular weight excluding hydrogens is 316 g/mol. The van der Waals surface area contributed by atoms with Gasteiger partial charge in [-0.15, -0.1) is 0 Å². The highest BCUT2D eigenvalue weighted by Gasteiger charge is 2.33. The molecule has 0 bridgehead atoms. The Morgan fingerprint density at radius 2 is 1.96 bits per heavy atom. The van der Waals surface area contributed by atoms with Gasteiger partial charge in [0.05, 0.1) is 0 Å². The molecule has 25 heavy (non-hydrogen) atoms. The van der Waals surface area contributed by atoms with E-state index in [0.29, 0.717) is 30.2 Å². The van der Waals surface area contributed by atoms with Crippen LogP contribution in [-0.4, -0.2) is 24.0 Å². The lowest BCUT2D eigenvalue weighted by molar-refractivity contribution is 0.0857. The zero-order chi connectivity index (χ0) is 17.8. The summed E-state index contributed by atoms with van der Waals surface area (Å²) in [6, 6.07) is 12.4. The van der Waals surface area contributed by atoms with Gasteiger partial charge in [0.15, 0.2) is 5.76 Å². The van der Waals surface area contributed by atoms with Crippen molar-refractivity contribution in [1.82, 2.24) is 10.6 Å². The van der Waals surface area contributed by atoms with Crippen molar-refractivity contribution in [2.24, 2.45) is 0 Å². The molecule has 5 nitrogen and oxygen atoms in total. The SMILES string of the molecule is Cc1cc(COc2ccccc2)oc1C(=O)NC1CCC1NC(C)C. The molecule has 1 saturated carbocycles. The van der Waals surface area contributed by atoms with Gasteiger partial charge in [-0.3, -0.25) is 4.79 Å². The monoisotopic (exact) mass is 342 g/mol. The Morgan fingerprint density at radius 1 is 1.24 bits per heavy atom. The van der Waals surface area contributed by atoms with E-state index in [9.17, 15) is 4.79 Å². The summed E-state index contributed by atoms with van der Waals surface area (Å²) in [5.74, 6) is 1.65. The third-order valence-corrected chi connectivity index (χ3v) is 4.44. The molecule has 134 valence electrons. The van der Waals surface area contributed by atoms with Crippen molar-refractivity contribution >= 4 is 5.91 Å². The first-order chi connectivity index (χ1) is 12.0. The van der Waals surface area contributed by atoms with Crippen molar-refractivity contribution in [3.05, 3.63) is 53.5 Å². The normalized spacial score (nSPS) is 19.5. The number of hydrogen-bond acceptors (Lipinski definition) is 4. The number of furan rings is 1. The lowest BCUT2D eigenvalue weighted by Gasteiger charge is -2.38. The van der Waals surface area contributed by atoms with Gasteiger partial charge in [-0.05, 0) is 38.0 Å². The Kier molecular flexibility index (Phi) is 5.43. The smallest absolute Gasteiger partial charge is 0.287 e. The van der Waals surface area contributed by atoms with Gasteiger partial charge < -0.3 is 19.8 Å². The lowest BCUT2D eigenvalue weighted by atomic mass is 9.85. The summed E-state index contributed by atoms with van der Waals surface area (Å²) in [7, 11) is 0. The van der Waals surface area contributed by atoms with Crippen molar-refractivity contribution in [1.29, 1.82) is 0 Å². The van der Waals surface area contributed by atoms with Crippen LogP contribution in [0.4, 0.5) is 0 Å². The van der Waals surface area contributed by atoms with Crippen LogP contribution in [0.2, 0.25) is 0 Å². The fraction of sp³-hybridized carbons (Fsp3) is 0.450. The summed E-state index contributed by atoms with van der Waals surface area (Å²) in [5.41, 5.74) is 0.830. The van der Waals surface area contributed by atoms with Gasteiger partial charge in [-0.25, -0.2) is 0 Å². The number of para-hydroxylation sites is 1. The van der Waals surface area contributed by atoms with Crippen molar-refractivity contribution < 1.29 is 13.9 Å². The van der Waals surface area contributed by atoms with Crippen LogP contribution in [0.15, 0.2) is 40.8 Å². The van der Waals surface area contributed by atoms with Gasteiger partial charge in [-0.1, -0.05) is 32.0 Å². The van der Waals surface area contributed by atoms with E-state index in [1.54, 1.807) is 0 Å². The molecule has 1 aliphatic rings. The average molecular weight is 342 g/mol. The number of carbonyl (C=O) groups excluding carboxylic acids is 1. The van der Waals surface area contributed by atoms with Crippen molar-refractivity contribution in [3.63, 3.8) is 0 Å². The lowest BCUT2D eigenvalue weighted by Crippen LogP contribution is -2.58. The topological polar surface area (TPSA) is 63.5 Å². The first-order valence-electron chi connectivity index (χ1n) is 8.87. The number of amides is 1. The van der Waals surface area contributed by atoms with Crippen LogP contribution >= 0.6 is 0 Å². The largest absolute Gasteiger partial charge is 0.486 e. The third-order valence-electron chi connectivity index (χ3n) is 4.44. The van der Waals surface area contributed by atoms with Gasteiger partial charge >= 0.3 is 0 Å². The van der Waals surface area contributed by atoms with E-state index in [4.69, 9.17) is 9.15 Å². The molecule has 1 aromatic carbocycles. The standard InChI is InChI=1S/C20H26N2O3/c1-13(2)21-17-9-10-18(17)22-20(23)19-14(3)11-16(25-19)12-24-15-7-5-4-6-8-15/h4-8,11,13,17-18,21H,9-10,12H2,1-3H3,(H,22,23). The maximum atomic E-state index is 12.5. The molecule has 0 radical (unpaired) electrons. The predicted octanol–water partition coefficient (Wildman–Crippen LogP) is 3.43. The van der Waals surface area contributed by atoms with Crippen LogP contribution in [0.5, 0.6) is 5.75 Å². The minimum Gasteiger partial charge on any atom is -0.486 e. The molecule has 1 aromatic heterocycles. The fourth-order valence-electron chi connectivity index (χ4n) is 3.05. The predicted molar refractivity (Wildman–Crippen MR) is 96.8 cm³/mol. The van der Waals surface area contributed by atoms with E-state index in [1.807, 2.05) is 43.3 Å². The molecule has 1 aliphatic carbocycles. The van der Waals surface area contributed by atoms with Crippen molar-refractivity contribution in [2.45, 2.75) is 58.3 Å². The number of rotatable bonds is 7. The Hall–Kier alpha value is -2.27. The molecule has 1 fully saturated rings. The number of nitrogens with one attached hydrogen (secondary N) is 2. The highest BCUT2D eigenvalue weighted by Crippen LogP contribution is 2.22. The second-order valence-electron chi connectivity index (χ2n) is 6.91. The zero-order valence-corrected chi connectivity index (χ0v) is 15.0. The molecule has 0 saturated heterocycles. The molecule has 2 N–H and O–H groups in total. The van der Waals surface area contributed by atoms with Crippen LogP contribution < -0.4 is 15.4 Å². The second-order valence-corrected chi connectivity index (χ2v) is 6.91. The fourth-order valence-corrected chi connectivity index (χ4v) is 3.05. The summed E-state index contributed by atoms with van der Waals surface area (Å²) >= 11 is 0. The Labute approximate surface area is 148 Å². The molecule has 1 amide bonds. The molecule has 5 heteroatoms. The molecular formula is C20H26N2O3. The van der Waals surface area contributed by atoms with Gasteiger partial charge in [0.2, 0.25) is 0 Å². The first kappa shape index (κ1) is 17.5. The summed E-state index contributed by atoms with van der Waals surface area (Å²) in [4.78, 5) is 12.5. The number of benzene rings is 1. The van der Waals surface area contributed by atoms with Crippen LogP contribution in [-0.2, 0) is 6.61 Å². The van der Waals surface area contributed by atoms with Crippen LogP contribution in [0.1, 0.15) is 48.6 Å². The van der Waals surface area contributed by atoms with E-state index in [0.717, 1.165) is 24.2 Å². The van der Waals surface area contributed by atoms with Gasteiger partial charge in [0.25, 0.3) is 5.91 Å². The maximum absolute atomic E-state index is 12.5. The molecule has 2 unspecified atom stereocenters. The number of ether oxygens (including phenoxy) is 1. The minimum absolute atomic E-state index is 0.149. The van der Waals surface area contributed by atoms with Crippen molar-refractivity contribution in [3.8, 4) is 5.75 Å². The van der Waals surface area contributed by atoms with E-state index in [1.165, 1.54) is 0 Å². The Morgan fingerprint density at radius 3 is 2.60 bits per heavy atom. The second kappa shape index (κ2) is 7.74. The third kappa shape index (κ3) is 4.42. The molecule has 2 atom stereocenters. The van der Waals surface area contributed by atoms with Crippen LogP contribution in [0, 0.1) is 6.92 Å². The summed E-state index contributed by atoms with van der Waals surface area (Å²) in [5, 5.41) is 6.56. The minimum atomic E-state index is -0.149. The quantitative estimate of drug-likeness (QED) is 0.809. The summed E-state index contributed by atoms with van der Waals surface area (Å²) in [6.07, 6.45) is 2.09. The van der Waals surface area contributed by atoms with Gasteiger partial charge in [-0.2, -0.15) is 0 Å². The van der Waals surface area contributed by atoms with E-state index in [-0.39, 0.29) is 11.9 Å². The summed E-state index contributed by atoms with van der Waals surface area (Å²) < 4.78 is 11.4. The first-order valence-corrected chi connectivity index (χ1v) is 8.87. The maximum Gasteiger partial charge on any atom is 0.287 e. The van der Waals surface area contributed by atoms with Gasteiger partial charge in [0, 0.05) is 23.7 Å². The molecule has 1 heterocycles. The van der Waals surface area contributed by atoms with Crippen LogP contribution in [0.25, 0.3) is 0 Å². The van der Waals surface area contributed by atoms with Crippen LogP contribution in [0.3, 0.4) is 0 Å². The van der Waals surface area contributed by atoms with E-state index < -0.39 is 0 Å². The number of carbonyl (C=O) groups is 1. The highest BCUT2D eigenvalue weighted by molar-refractivity contribution is 5.93. The molecule has 0 aliphatic heterocycles. The number of aryl methyl sites for hydroxylation is 1. The molecule has 0 spiro atoms. The van der Waals surface area contributed by atoms with Crippen molar-refractivity contribution in [2.75, 3.05) is 0 Å². The molecule has 2 aromatic rings. The Balaban J connectivity index is 1.57. The number of hydrogen-bond donors (Lipinski definition) is 2. The Bertz CT molecular complexity index is 709. The highest BCUT2D eigenvalue weighted by atomic mass is 16.5. The van der Waals surface area contributed by atoms with E-state index >= 15 is 0 Å². The molecule has 3 rings (SSSR count). The van der Waals surface area contributed by atoms with E-state index in [2.05, 4.69) is 24.5 Å².